The lowest BCUT2D eigenvalue weighted by Crippen LogP contribution is -2.58. The SMILES string of the molecule is C#C[C@]1(O)CC[C@H]2[C@@H]3[C@H](O)C=C4[C@@H](F)[C@@H](O)CC[C@]4(C)[C@H]3CC[C@@]21C. The summed E-state index contributed by atoms with van der Waals surface area (Å²) in [5.41, 5.74) is -1.23. The molecule has 0 amide bonds. The molecule has 3 N–H and O–H groups in total. The number of hydrogen-bond donors (Lipinski definition) is 3. The molecule has 4 rings (SSSR count). The molecule has 0 spiro atoms. The van der Waals surface area contributed by atoms with Crippen molar-refractivity contribution in [3.63, 3.8) is 0 Å². The molecule has 0 bridgehead atoms. The van der Waals surface area contributed by atoms with Gasteiger partial charge in [0.2, 0.25) is 0 Å². The molecule has 0 unspecified atom stereocenters. The van der Waals surface area contributed by atoms with E-state index in [2.05, 4.69) is 19.8 Å². The van der Waals surface area contributed by atoms with Crippen molar-refractivity contribution in [1.82, 2.24) is 0 Å². The molecule has 25 heavy (non-hydrogen) atoms. The summed E-state index contributed by atoms with van der Waals surface area (Å²) in [4.78, 5) is 0. The summed E-state index contributed by atoms with van der Waals surface area (Å²) < 4.78 is 14.7. The summed E-state index contributed by atoms with van der Waals surface area (Å²) in [6, 6.07) is 0. The molecule has 3 fully saturated rings. The fraction of sp³-hybridized carbons (Fsp3) is 0.810. The molecule has 138 valence electrons. The maximum Gasteiger partial charge on any atom is 0.148 e. The van der Waals surface area contributed by atoms with Crippen LogP contribution in [0.25, 0.3) is 0 Å². The van der Waals surface area contributed by atoms with Crippen molar-refractivity contribution >= 4 is 0 Å². The first kappa shape index (κ1) is 17.5. The zero-order valence-corrected chi connectivity index (χ0v) is 15.1. The van der Waals surface area contributed by atoms with Gasteiger partial charge in [0.15, 0.2) is 0 Å². The van der Waals surface area contributed by atoms with Gasteiger partial charge in [-0.05, 0) is 67.3 Å². The third kappa shape index (κ3) is 2.04. The number of aliphatic hydroxyl groups is 3. The molecule has 0 aliphatic heterocycles. The van der Waals surface area contributed by atoms with Crippen LogP contribution in [0, 0.1) is 40.9 Å². The highest BCUT2D eigenvalue weighted by molar-refractivity contribution is 5.33. The van der Waals surface area contributed by atoms with Crippen LogP contribution in [0.15, 0.2) is 11.6 Å². The van der Waals surface area contributed by atoms with Crippen LogP contribution in [0.5, 0.6) is 0 Å². The van der Waals surface area contributed by atoms with Crippen molar-refractivity contribution in [2.45, 2.75) is 76.4 Å². The number of hydrogen-bond acceptors (Lipinski definition) is 3. The lowest BCUT2D eigenvalue weighted by atomic mass is 9.46. The molecule has 0 heterocycles. The van der Waals surface area contributed by atoms with E-state index in [1.54, 1.807) is 6.08 Å². The van der Waals surface area contributed by atoms with Crippen molar-refractivity contribution in [2.75, 3.05) is 0 Å². The zero-order chi connectivity index (χ0) is 18.2. The van der Waals surface area contributed by atoms with E-state index in [9.17, 15) is 19.7 Å². The van der Waals surface area contributed by atoms with Crippen molar-refractivity contribution in [2.24, 2.45) is 28.6 Å². The monoisotopic (exact) mass is 348 g/mol. The van der Waals surface area contributed by atoms with Gasteiger partial charge in [-0.25, -0.2) is 4.39 Å². The Kier molecular flexibility index (Phi) is 3.72. The fourth-order valence-electron chi connectivity index (χ4n) is 6.91. The molecule has 3 saturated carbocycles. The number of halogens is 1. The molecule has 4 heteroatoms. The Morgan fingerprint density at radius 2 is 1.80 bits per heavy atom. The maximum absolute atomic E-state index is 14.7. The topological polar surface area (TPSA) is 60.7 Å². The van der Waals surface area contributed by atoms with Gasteiger partial charge in [-0.1, -0.05) is 25.8 Å². The second-order valence-electron chi connectivity index (χ2n) is 9.33. The van der Waals surface area contributed by atoms with Gasteiger partial charge in [0.25, 0.3) is 0 Å². The quantitative estimate of drug-likeness (QED) is 0.466. The second-order valence-corrected chi connectivity index (χ2v) is 9.33. The van der Waals surface area contributed by atoms with Crippen LogP contribution in [-0.4, -0.2) is 39.3 Å². The average Bonchev–Trinajstić information content (AvgIpc) is 2.86. The Labute approximate surface area is 149 Å². The molecule has 4 aliphatic carbocycles. The smallest absolute Gasteiger partial charge is 0.148 e. The van der Waals surface area contributed by atoms with Crippen LogP contribution in [0.4, 0.5) is 4.39 Å². The Bertz CT molecular complexity index is 654. The van der Waals surface area contributed by atoms with Crippen molar-refractivity contribution < 1.29 is 19.7 Å². The van der Waals surface area contributed by atoms with Crippen LogP contribution >= 0.6 is 0 Å². The summed E-state index contributed by atoms with van der Waals surface area (Å²) in [5, 5.41) is 31.8. The minimum Gasteiger partial charge on any atom is -0.390 e. The highest BCUT2D eigenvalue weighted by Gasteiger charge is 2.65. The van der Waals surface area contributed by atoms with Crippen LogP contribution in [0.1, 0.15) is 52.4 Å². The minimum atomic E-state index is -1.38. The van der Waals surface area contributed by atoms with Gasteiger partial charge in [-0.2, -0.15) is 0 Å². The van der Waals surface area contributed by atoms with Crippen LogP contribution in [0.3, 0.4) is 0 Å². The lowest BCUT2D eigenvalue weighted by Gasteiger charge is -2.59. The van der Waals surface area contributed by atoms with Crippen molar-refractivity contribution in [3.8, 4) is 12.3 Å². The van der Waals surface area contributed by atoms with E-state index < -0.39 is 29.4 Å². The van der Waals surface area contributed by atoms with Gasteiger partial charge in [0.05, 0.1) is 12.2 Å². The van der Waals surface area contributed by atoms with E-state index >= 15 is 0 Å². The molecule has 0 aromatic rings. The molecule has 0 radical (unpaired) electrons. The average molecular weight is 348 g/mol. The summed E-state index contributed by atoms with van der Waals surface area (Å²) in [5.74, 6) is 2.95. The number of rotatable bonds is 0. The van der Waals surface area contributed by atoms with E-state index in [1.165, 1.54) is 0 Å². The molecule has 4 aliphatic rings. The Morgan fingerprint density at radius 3 is 2.48 bits per heavy atom. The summed E-state index contributed by atoms with van der Waals surface area (Å²) in [7, 11) is 0. The van der Waals surface area contributed by atoms with Gasteiger partial charge in [-0.3, -0.25) is 0 Å². The predicted octanol–water partition coefficient (Wildman–Crippen LogP) is 2.59. The highest BCUT2D eigenvalue weighted by atomic mass is 19.1. The number of alkyl halides is 1. The number of fused-ring (bicyclic) bond motifs is 5. The predicted molar refractivity (Wildman–Crippen MR) is 93.2 cm³/mol. The first-order chi connectivity index (χ1) is 11.7. The normalized spacial score (nSPS) is 57.7. The zero-order valence-electron chi connectivity index (χ0n) is 15.1. The third-order valence-electron chi connectivity index (χ3n) is 8.54. The van der Waals surface area contributed by atoms with Crippen LogP contribution in [-0.2, 0) is 0 Å². The molecule has 0 saturated heterocycles. The maximum atomic E-state index is 14.7. The van der Waals surface area contributed by atoms with E-state index in [1.807, 2.05) is 0 Å². The first-order valence-corrected chi connectivity index (χ1v) is 9.60. The van der Waals surface area contributed by atoms with E-state index in [-0.39, 0.29) is 23.2 Å². The van der Waals surface area contributed by atoms with Crippen molar-refractivity contribution in [1.29, 1.82) is 0 Å². The van der Waals surface area contributed by atoms with E-state index in [4.69, 9.17) is 6.42 Å². The highest BCUT2D eigenvalue weighted by Crippen LogP contribution is 2.67. The van der Waals surface area contributed by atoms with E-state index in [0.29, 0.717) is 18.4 Å². The largest absolute Gasteiger partial charge is 0.390 e. The van der Waals surface area contributed by atoms with Gasteiger partial charge < -0.3 is 15.3 Å². The van der Waals surface area contributed by atoms with Gasteiger partial charge >= 0.3 is 0 Å². The first-order valence-electron chi connectivity index (χ1n) is 9.60. The number of terminal acetylenes is 1. The molecular formula is C21H29FO3. The molecule has 3 nitrogen and oxygen atoms in total. The summed E-state index contributed by atoms with van der Waals surface area (Å²) >= 11 is 0. The molecule has 0 aromatic heterocycles. The van der Waals surface area contributed by atoms with Gasteiger partial charge in [-0.15, -0.1) is 6.42 Å². The van der Waals surface area contributed by atoms with E-state index in [0.717, 1.165) is 25.7 Å². The Hall–Kier alpha value is -0.890. The fourth-order valence-corrected chi connectivity index (χ4v) is 6.91. The van der Waals surface area contributed by atoms with Crippen LogP contribution < -0.4 is 0 Å². The van der Waals surface area contributed by atoms with Crippen LogP contribution in [0.2, 0.25) is 0 Å². The molecule has 0 aromatic carbocycles. The van der Waals surface area contributed by atoms with Crippen molar-refractivity contribution in [3.05, 3.63) is 11.6 Å². The van der Waals surface area contributed by atoms with Gasteiger partial charge in [0.1, 0.15) is 11.8 Å². The summed E-state index contributed by atoms with van der Waals surface area (Å²) in [6.07, 6.45) is 8.48. The summed E-state index contributed by atoms with van der Waals surface area (Å²) in [6.45, 7) is 4.17. The Morgan fingerprint density at radius 1 is 1.12 bits per heavy atom. The third-order valence-corrected chi connectivity index (χ3v) is 8.54. The standard InChI is InChI=1S/C21H29FO3/c1-4-21(25)10-6-13-17-12(5-9-20(13,21)3)19(2)8-7-15(23)18(22)14(19)11-16(17)24/h1,11-13,15-18,23-25H,5-10H2,2-3H3/t12-,13-,15-,16+,17+,18+,19+,20-,21-/m0/s1. The minimum absolute atomic E-state index is 0.00248. The Balaban J connectivity index is 1.77. The number of aliphatic hydroxyl groups excluding tert-OH is 2. The van der Waals surface area contributed by atoms with Gasteiger partial charge in [0, 0.05) is 5.41 Å². The molecule has 9 atom stereocenters. The lowest BCUT2D eigenvalue weighted by molar-refractivity contribution is -0.127. The molecular weight excluding hydrogens is 319 g/mol. The second kappa shape index (κ2) is 5.31.